The van der Waals surface area contributed by atoms with E-state index in [-0.39, 0.29) is 36.1 Å². The molecule has 22 heavy (non-hydrogen) atoms. The molecule has 1 aliphatic heterocycles. The van der Waals surface area contributed by atoms with Gasteiger partial charge in [0.05, 0.1) is 5.92 Å². The normalized spacial score (nSPS) is 29.9. The van der Waals surface area contributed by atoms with Crippen LogP contribution in [0.4, 0.5) is 0 Å². The molecule has 6 heteroatoms. The van der Waals surface area contributed by atoms with Gasteiger partial charge in [0, 0.05) is 25.6 Å². The van der Waals surface area contributed by atoms with Gasteiger partial charge in [-0.1, -0.05) is 13.8 Å². The Hall–Kier alpha value is -0.810. The highest BCUT2D eigenvalue weighted by atomic mass is 35.5. The van der Waals surface area contributed by atoms with Crippen molar-refractivity contribution in [2.45, 2.75) is 52.0 Å². The van der Waals surface area contributed by atoms with Crippen molar-refractivity contribution in [3.05, 3.63) is 0 Å². The maximum Gasteiger partial charge on any atom is 0.225 e. The molecule has 0 aromatic heterocycles. The molecule has 128 valence electrons. The van der Waals surface area contributed by atoms with Crippen molar-refractivity contribution >= 4 is 24.2 Å². The van der Waals surface area contributed by atoms with E-state index in [1.54, 1.807) is 0 Å². The average Bonchev–Trinajstić information content (AvgIpc) is 2.87. The quantitative estimate of drug-likeness (QED) is 0.802. The first-order valence-corrected chi connectivity index (χ1v) is 8.28. The molecule has 1 saturated carbocycles. The molecule has 0 bridgehead atoms. The predicted molar refractivity (Wildman–Crippen MR) is 89.7 cm³/mol. The van der Waals surface area contributed by atoms with Gasteiger partial charge in [0.25, 0.3) is 0 Å². The van der Waals surface area contributed by atoms with Gasteiger partial charge in [-0.2, -0.15) is 0 Å². The van der Waals surface area contributed by atoms with Crippen LogP contribution in [0.25, 0.3) is 0 Å². The van der Waals surface area contributed by atoms with Crippen molar-refractivity contribution in [2.24, 2.45) is 23.5 Å². The maximum absolute atomic E-state index is 12.2. The van der Waals surface area contributed by atoms with Crippen LogP contribution in [0, 0.1) is 17.8 Å². The number of hydrogen-bond acceptors (Lipinski definition) is 3. The van der Waals surface area contributed by atoms with E-state index in [1.807, 2.05) is 11.8 Å². The second-order valence-electron chi connectivity index (χ2n) is 6.95. The number of carbonyl (C=O) groups is 2. The van der Waals surface area contributed by atoms with Gasteiger partial charge in [0.2, 0.25) is 11.8 Å². The van der Waals surface area contributed by atoms with Crippen molar-refractivity contribution in [1.29, 1.82) is 0 Å². The molecule has 3 N–H and O–H groups in total. The summed E-state index contributed by atoms with van der Waals surface area (Å²) < 4.78 is 0. The zero-order chi connectivity index (χ0) is 15.4. The molecule has 2 unspecified atom stereocenters. The average molecular weight is 332 g/mol. The third-order valence-electron chi connectivity index (χ3n) is 4.98. The highest BCUT2D eigenvalue weighted by Gasteiger charge is 2.38. The molecule has 2 aliphatic rings. The number of nitrogens with two attached hydrogens (primary N) is 1. The molecule has 1 aliphatic carbocycles. The lowest BCUT2D eigenvalue weighted by Crippen LogP contribution is -2.40. The standard InChI is InChI=1S/C16H29N3O2.ClH/c1-11-3-5-14(6-4-11)19-10-13(7-15(19)20)16(21)18-9-12(2)8-17;/h11-14H,3-10,17H2,1-2H3,(H,18,21);1H. The zero-order valence-electron chi connectivity index (χ0n) is 13.7. The van der Waals surface area contributed by atoms with Crippen LogP contribution < -0.4 is 11.1 Å². The minimum atomic E-state index is -0.179. The van der Waals surface area contributed by atoms with Crippen LogP contribution in [0.5, 0.6) is 0 Å². The molecule has 0 spiro atoms. The molecule has 1 saturated heterocycles. The van der Waals surface area contributed by atoms with Gasteiger partial charge in [-0.15, -0.1) is 12.4 Å². The van der Waals surface area contributed by atoms with Gasteiger partial charge in [0.1, 0.15) is 0 Å². The largest absolute Gasteiger partial charge is 0.355 e. The lowest BCUT2D eigenvalue weighted by Gasteiger charge is -2.33. The Morgan fingerprint density at radius 2 is 2.00 bits per heavy atom. The van der Waals surface area contributed by atoms with Crippen molar-refractivity contribution < 1.29 is 9.59 Å². The van der Waals surface area contributed by atoms with E-state index in [1.165, 1.54) is 12.8 Å². The summed E-state index contributed by atoms with van der Waals surface area (Å²) in [5.41, 5.74) is 5.55. The summed E-state index contributed by atoms with van der Waals surface area (Å²) in [7, 11) is 0. The molecule has 0 aromatic carbocycles. The van der Waals surface area contributed by atoms with Gasteiger partial charge >= 0.3 is 0 Å². The van der Waals surface area contributed by atoms with Crippen LogP contribution in [0.1, 0.15) is 46.0 Å². The first-order chi connectivity index (χ1) is 10.0. The SMILES string of the molecule is CC1CCC(N2CC(C(=O)NCC(C)CN)CC2=O)CC1.Cl. The van der Waals surface area contributed by atoms with Crippen LogP contribution in [0.15, 0.2) is 0 Å². The monoisotopic (exact) mass is 331 g/mol. The van der Waals surface area contributed by atoms with Gasteiger partial charge in [0.15, 0.2) is 0 Å². The van der Waals surface area contributed by atoms with Crippen molar-refractivity contribution in [3.8, 4) is 0 Å². The minimum Gasteiger partial charge on any atom is -0.355 e. The Balaban J connectivity index is 0.00000242. The second-order valence-corrected chi connectivity index (χ2v) is 6.95. The van der Waals surface area contributed by atoms with Crippen molar-refractivity contribution in [1.82, 2.24) is 10.2 Å². The Kier molecular flexibility index (Phi) is 7.63. The Morgan fingerprint density at radius 3 is 2.59 bits per heavy atom. The number of carbonyl (C=O) groups excluding carboxylic acids is 2. The van der Waals surface area contributed by atoms with E-state index >= 15 is 0 Å². The third kappa shape index (κ3) is 4.85. The molecule has 0 radical (unpaired) electrons. The fourth-order valence-electron chi connectivity index (χ4n) is 3.32. The number of rotatable bonds is 5. The summed E-state index contributed by atoms with van der Waals surface area (Å²) in [4.78, 5) is 26.3. The third-order valence-corrected chi connectivity index (χ3v) is 4.98. The highest BCUT2D eigenvalue weighted by molar-refractivity contribution is 5.89. The first kappa shape index (κ1) is 19.2. The molecular formula is C16H30ClN3O2. The van der Waals surface area contributed by atoms with Gasteiger partial charge in [-0.3, -0.25) is 9.59 Å². The van der Waals surface area contributed by atoms with Crippen molar-refractivity contribution in [2.75, 3.05) is 19.6 Å². The summed E-state index contributed by atoms with van der Waals surface area (Å²) in [5, 5.41) is 2.93. The first-order valence-electron chi connectivity index (χ1n) is 8.28. The minimum absolute atomic E-state index is 0. The second kappa shape index (κ2) is 8.73. The van der Waals surface area contributed by atoms with Crippen LogP contribution in [-0.4, -0.2) is 42.4 Å². The van der Waals surface area contributed by atoms with Crippen LogP contribution in [-0.2, 0) is 9.59 Å². The summed E-state index contributed by atoms with van der Waals surface area (Å²) in [6.07, 6.45) is 4.93. The van der Waals surface area contributed by atoms with Gasteiger partial charge in [-0.05, 0) is 44.1 Å². The Morgan fingerprint density at radius 1 is 1.36 bits per heavy atom. The number of amides is 2. The van der Waals surface area contributed by atoms with Crippen LogP contribution in [0.3, 0.4) is 0 Å². The summed E-state index contributed by atoms with van der Waals surface area (Å²) in [6.45, 7) is 6.05. The van der Waals surface area contributed by atoms with Crippen molar-refractivity contribution in [3.63, 3.8) is 0 Å². The van der Waals surface area contributed by atoms with E-state index in [9.17, 15) is 9.59 Å². The molecule has 5 nitrogen and oxygen atoms in total. The smallest absolute Gasteiger partial charge is 0.225 e. The summed E-state index contributed by atoms with van der Waals surface area (Å²) >= 11 is 0. The predicted octanol–water partition coefficient (Wildman–Crippen LogP) is 1.55. The van der Waals surface area contributed by atoms with E-state index in [0.717, 1.165) is 18.8 Å². The maximum atomic E-state index is 12.2. The topological polar surface area (TPSA) is 75.4 Å². The fourth-order valence-corrected chi connectivity index (χ4v) is 3.32. The number of hydrogen-bond donors (Lipinski definition) is 2. The number of halogens is 1. The van der Waals surface area contributed by atoms with E-state index in [0.29, 0.717) is 32.1 Å². The summed E-state index contributed by atoms with van der Waals surface area (Å²) in [6, 6.07) is 0.356. The lowest BCUT2D eigenvalue weighted by molar-refractivity contribution is -0.131. The number of nitrogens with zero attached hydrogens (tertiary/aromatic N) is 1. The van der Waals surface area contributed by atoms with E-state index in [4.69, 9.17) is 5.73 Å². The van der Waals surface area contributed by atoms with E-state index in [2.05, 4.69) is 12.2 Å². The zero-order valence-corrected chi connectivity index (χ0v) is 14.5. The summed E-state index contributed by atoms with van der Waals surface area (Å²) in [5.74, 6) is 1.04. The van der Waals surface area contributed by atoms with Crippen LogP contribution in [0.2, 0.25) is 0 Å². The lowest BCUT2D eigenvalue weighted by atomic mass is 9.87. The molecule has 2 rings (SSSR count). The van der Waals surface area contributed by atoms with Crippen LogP contribution >= 0.6 is 12.4 Å². The van der Waals surface area contributed by atoms with Gasteiger partial charge in [-0.25, -0.2) is 0 Å². The Bertz CT molecular complexity index is 384. The molecule has 1 heterocycles. The van der Waals surface area contributed by atoms with Gasteiger partial charge < -0.3 is 16.0 Å². The molecule has 2 atom stereocenters. The molecular weight excluding hydrogens is 302 g/mol. The molecule has 2 amide bonds. The number of likely N-dealkylation sites (tertiary alicyclic amines) is 1. The fraction of sp³-hybridized carbons (Fsp3) is 0.875. The molecule has 0 aromatic rings. The number of nitrogens with one attached hydrogen (secondary N) is 1. The Labute approximate surface area is 139 Å². The van der Waals surface area contributed by atoms with E-state index < -0.39 is 0 Å². The molecule has 2 fully saturated rings. The highest BCUT2D eigenvalue weighted by Crippen LogP contribution is 2.31.